The standard InChI is InChI=1S/C18H34N2O/c1-15(16-10-6-3-4-7-11-16)20-17(21)14-18(19-2)12-8-5-9-13-18/h15-16,19H,3-14H2,1-2H3,(H,20,21)/t15-/m1/s1. The van der Waals surface area contributed by atoms with Crippen LogP contribution in [0.15, 0.2) is 0 Å². The Morgan fingerprint density at radius 2 is 1.62 bits per heavy atom. The van der Waals surface area contributed by atoms with E-state index in [2.05, 4.69) is 17.6 Å². The highest BCUT2D eigenvalue weighted by Gasteiger charge is 2.33. The molecule has 2 fully saturated rings. The van der Waals surface area contributed by atoms with Crippen LogP contribution in [0.25, 0.3) is 0 Å². The van der Waals surface area contributed by atoms with Gasteiger partial charge in [-0.25, -0.2) is 0 Å². The highest BCUT2D eigenvalue weighted by molar-refractivity contribution is 5.77. The predicted octanol–water partition coefficient (Wildman–Crippen LogP) is 3.77. The van der Waals surface area contributed by atoms with E-state index in [1.54, 1.807) is 0 Å². The molecule has 0 saturated heterocycles. The molecule has 0 aliphatic heterocycles. The van der Waals surface area contributed by atoms with Gasteiger partial charge >= 0.3 is 0 Å². The van der Waals surface area contributed by atoms with Crippen molar-refractivity contribution in [3.05, 3.63) is 0 Å². The molecule has 2 rings (SSSR count). The maximum Gasteiger partial charge on any atom is 0.222 e. The first-order valence-corrected chi connectivity index (χ1v) is 9.13. The second-order valence-electron chi connectivity index (χ2n) is 7.38. The zero-order chi connectivity index (χ0) is 15.1. The zero-order valence-electron chi connectivity index (χ0n) is 14.0. The lowest BCUT2D eigenvalue weighted by atomic mass is 9.79. The highest BCUT2D eigenvalue weighted by Crippen LogP contribution is 2.31. The van der Waals surface area contributed by atoms with Gasteiger partial charge in [0.15, 0.2) is 0 Å². The van der Waals surface area contributed by atoms with Gasteiger partial charge in [-0.3, -0.25) is 4.79 Å². The summed E-state index contributed by atoms with van der Waals surface area (Å²) >= 11 is 0. The van der Waals surface area contributed by atoms with Crippen LogP contribution in [0.5, 0.6) is 0 Å². The van der Waals surface area contributed by atoms with Gasteiger partial charge in [0.1, 0.15) is 0 Å². The predicted molar refractivity (Wildman–Crippen MR) is 88.3 cm³/mol. The van der Waals surface area contributed by atoms with E-state index >= 15 is 0 Å². The molecule has 0 unspecified atom stereocenters. The first-order chi connectivity index (χ1) is 10.2. The summed E-state index contributed by atoms with van der Waals surface area (Å²) in [5.74, 6) is 0.941. The molecule has 3 nitrogen and oxygen atoms in total. The van der Waals surface area contributed by atoms with Crippen LogP contribution in [0.4, 0.5) is 0 Å². The van der Waals surface area contributed by atoms with Crippen LogP contribution in [-0.4, -0.2) is 24.5 Å². The van der Waals surface area contributed by atoms with E-state index in [9.17, 15) is 4.79 Å². The molecule has 2 saturated carbocycles. The average Bonchev–Trinajstić information content (AvgIpc) is 2.77. The van der Waals surface area contributed by atoms with Crippen molar-refractivity contribution >= 4 is 5.91 Å². The normalized spacial score (nSPS) is 25.0. The van der Waals surface area contributed by atoms with Gasteiger partial charge in [-0.1, -0.05) is 44.9 Å². The smallest absolute Gasteiger partial charge is 0.222 e. The molecule has 3 heteroatoms. The number of carbonyl (C=O) groups excluding carboxylic acids is 1. The summed E-state index contributed by atoms with van der Waals surface area (Å²) in [4.78, 5) is 12.5. The molecule has 0 radical (unpaired) electrons. The fraction of sp³-hybridized carbons (Fsp3) is 0.944. The fourth-order valence-electron chi connectivity index (χ4n) is 4.28. The lowest BCUT2D eigenvalue weighted by molar-refractivity contribution is -0.123. The van der Waals surface area contributed by atoms with Gasteiger partial charge in [0.05, 0.1) is 0 Å². The molecule has 122 valence electrons. The number of hydrogen-bond donors (Lipinski definition) is 2. The Morgan fingerprint density at radius 3 is 2.19 bits per heavy atom. The monoisotopic (exact) mass is 294 g/mol. The van der Waals surface area contributed by atoms with Gasteiger partial charge in [0.25, 0.3) is 0 Å². The number of amides is 1. The Kier molecular flexibility index (Phi) is 6.53. The van der Waals surface area contributed by atoms with E-state index < -0.39 is 0 Å². The molecule has 2 aliphatic rings. The lowest BCUT2D eigenvalue weighted by Gasteiger charge is -2.37. The Bertz CT molecular complexity index is 315. The maximum atomic E-state index is 12.5. The molecule has 0 heterocycles. The summed E-state index contributed by atoms with van der Waals surface area (Å²) in [5, 5.41) is 6.76. The van der Waals surface area contributed by atoms with E-state index in [0.29, 0.717) is 18.4 Å². The molecule has 21 heavy (non-hydrogen) atoms. The summed E-state index contributed by atoms with van der Waals surface area (Å²) in [6.07, 6.45) is 14.8. The van der Waals surface area contributed by atoms with E-state index in [-0.39, 0.29) is 11.4 Å². The Labute approximate surface area is 130 Å². The van der Waals surface area contributed by atoms with Crippen molar-refractivity contribution in [3.63, 3.8) is 0 Å². The van der Waals surface area contributed by atoms with Crippen LogP contribution in [0.3, 0.4) is 0 Å². The molecule has 1 amide bonds. The van der Waals surface area contributed by atoms with Crippen molar-refractivity contribution in [2.75, 3.05) is 7.05 Å². The second kappa shape index (κ2) is 8.17. The summed E-state index contributed by atoms with van der Waals surface area (Å²) in [5.41, 5.74) is 0.0610. The van der Waals surface area contributed by atoms with Gasteiger partial charge in [-0.2, -0.15) is 0 Å². The number of rotatable bonds is 5. The Morgan fingerprint density at radius 1 is 1.05 bits per heavy atom. The van der Waals surface area contributed by atoms with E-state index in [1.165, 1.54) is 57.8 Å². The molecule has 1 atom stereocenters. The summed E-state index contributed by atoms with van der Waals surface area (Å²) in [6.45, 7) is 2.21. The topological polar surface area (TPSA) is 41.1 Å². The number of carbonyl (C=O) groups is 1. The van der Waals surface area contributed by atoms with Gasteiger partial charge in [0, 0.05) is 18.0 Å². The molecule has 0 bridgehead atoms. The summed E-state index contributed by atoms with van der Waals surface area (Å²) in [7, 11) is 2.02. The third-order valence-electron chi connectivity index (χ3n) is 5.84. The van der Waals surface area contributed by atoms with Crippen LogP contribution >= 0.6 is 0 Å². The summed E-state index contributed by atoms with van der Waals surface area (Å²) in [6, 6.07) is 0.341. The third kappa shape index (κ3) is 4.98. The van der Waals surface area contributed by atoms with Crippen molar-refractivity contribution in [2.24, 2.45) is 5.92 Å². The quantitative estimate of drug-likeness (QED) is 0.758. The summed E-state index contributed by atoms with van der Waals surface area (Å²) < 4.78 is 0. The van der Waals surface area contributed by atoms with Crippen molar-refractivity contribution < 1.29 is 4.79 Å². The fourth-order valence-corrected chi connectivity index (χ4v) is 4.28. The maximum absolute atomic E-state index is 12.5. The van der Waals surface area contributed by atoms with Crippen molar-refractivity contribution in [1.29, 1.82) is 0 Å². The molecular weight excluding hydrogens is 260 g/mol. The molecule has 0 aromatic rings. The molecular formula is C18H34N2O. The Balaban J connectivity index is 1.82. The molecule has 0 aromatic heterocycles. The van der Waals surface area contributed by atoms with Crippen molar-refractivity contribution in [3.8, 4) is 0 Å². The first-order valence-electron chi connectivity index (χ1n) is 9.13. The van der Waals surface area contributed by atoms with E-state index in [1.807, 2.05) is 7.05 Å². The Hall–Kier alpha value is -0.570. The van der Waals surface area contributed by atoms with Crippen LogP contribution in [0.2, 0.25) is 0 Å². The zero-order valence-corrected chi connectivity index (χ0v) is 14.0. The number of nitrogens with one attached hydrogen (secondary N) is 2. The van der Waals surface area contributed by atoms with Gasteiger partial charge in [0.2, 0.25) is 5.91 Å². The average molecular weight is 294 g/mol. The minimum atomic E-state index is 0.0610. The first kappa shape index (κ1) is 16.8. The van der Waals surface area contributed by atoms with Crippen LogP contribution in [-0.2, 0) is 4.79 Å². The SMILES string of the molecule is CNC1(CC(=O)N[C@H](C)C2CCCCCC2)CCCCC1. The minimum Gasteiger partial charge on any atom is -0.353 e. The van der Waals surface area contributed by atoms with Gasteiger partial charge in [-0.05, 0) is 45.6 Å². The van der Waals surface area contributed by atoms with Gasteiger partial charge in [-0.15, -0.1) is 0 Å². The van der Waals surface area contributed by atoms with Crippen molar-refractivity contribution in [2.45, 2.75) is 95.6 Å². The molecule has 2 N–H and O–H groups in total. The van der Waals surface area contributed by atoms with Gasteiger partial charge < -0.3 is 10.6 Å². The molecule has 2 aliphatic carbocycles. The highest BCUT2D eigenvalue weighted by atomic mass is 16.1. The number of hydrogen-bond acceptors (Lipinski definition) is 2. The molecule has 0 aromatic carbocycles. The van der Waals surface area contributed by atoms with Crippen LogP contribution in [0.1, 0.15) is 84.0 Å². The van der Waals surface area contributed by atoms with E-state index in [0.717, 1.165) is 12.8 Å². The minimum absolute atomic E-state index is 0.0610. The second-order valence-corrected chi connectivity index (χ2v) is 7.38. The lowest BCUT2D eigenvalue weighted by Crippen LogP contribution is -2.50. The van der Waals surface area contributed by atoms with Crippen LogP contribution < -0.4 is 10.6 Å². The largest absolute Gasteiger partial charge is 0.353 e. The molecule has 0 spiro atoms. The van der Waals surface area contributed by atoms with Crippen LogP contribution in [0, 0.1) is 5.92 Å². The van der Waals surface area contributed by atoms with E-state index in [4.69, 9.17) is 0 Å². The van der Waals surface area contributed by atoms with Crippen molar-refractivity contribution in [1.82, 2.24) is 10.6 Å². The third-order valence-corrected chi connectivity index (χ3v) is 5.84.